The zero-order valence-corrected chi connectivity index (χ0v) is 11.1. The lowest BCUT2D eigenvalue weighted by molar-refractivity contribution is 0.194. The number of nitrogens with zero attached hydrogens (tertiary/aromatic N) is 2. The summed E-state index contributed by atoms with van der Waals surface area (Å²) in [4.78, 5) is 4.54. The number of benzene rings is 1. The summed E-state index contributed by atoms with van der Waals surface area (Å²) in [5.74, 6) is -0.319. The fourth-order valence-electron chi connectivity index (χ4n) is 2.52. The Morgan fingerprint density at radius 2 is 1.94 bits per heavy atom. The first-order valence-corrected chi connectivity index (χ1v) is 6.57. The van der Waals surface area contributed by atoms with E-state index in [1.807, 2.05) is 6.07 Å². The Labute approximate surface area is 108 Å². The summed E-state index contributed by atoms with van der Waals surface area (Å²) < 4.78 is 13.8. The van der Waals surface area contributed by atoms with Gasteiger partial charge in [0.2, 0.25) is 0 Å². The molecule has 1 saturated heterocycles. The lowest BCUT2D eigenvalue weighted by Crippen LogP contribution is -2.46. The number of aliphatic hydroxyl groups is 1. The van der Waals surface area contributed by atoms with Gasteiger partial charge in [0.05, 0.1) is 6.10 Å². The maximum Gasteiger partial charge on any atom is 0.131 e. The zero-order chi connectivity index (χ0) is 13.1. The Morgan fingerprint density at radius 3 is 2.50 bits per heavy atom. The van der Waals surface area contributed by atoms with Crippen LogP contribution in [0.4, 0.5) is 10.1 Å². The van der Waals surface area contributed by atoms with Gasteiger partial charge in [0.1, 0.15) is 5.82 Å². The van der Waals surface area contributed by atoms with E-state index in [2.05, 4.69) is 16.7 Å². The SMILES string of the molecule is CCN1CCN(c2cccc(F)c2[C@@H](C)O)CC1. The Morgan fingerprint density at radius 1 is 1.28 bits per heavy atom. The minimum Gasteiger partial charge on any atom is -0.389 e. The van der Waals surface area contributed by atoms with Crippen LogP contribution in [-0.2, 0) is 0 Å². The van der Waals surface area contributed by atoms with Gasteiger partial charge in [-0.15, -0.1) is 0 Å². The van der Waals surface area contributed by atoms with Gasteiger partial charge in [-0.05, 0) is 25.6 Å². The number of hydrogen-bond donors (Lipinski definition) is 1. The van der Waals surface area contributed by atoms with Crippen LogP contribution >= 0.6 is 0 Å². The van der Waals surface area contributed by atoms with Gasteiger partial charge in [-0.25, -0.2) is 4.39 Å². The van der Waals surface area contributed by atoms with Crippen molar-refractivity contribution < 1.29 is 9.50 Å². The molecule has 2 rings (SSSR count). The molecule has 100 valence electrons. The van der Waals surface area contributed by atoms with Crippen molar-refractivity contribution in [3.63, 3.8) is 0 Å². The molecule has 0 unspecified atom stereocenters. The van der Waals surface area contributed by atoms with Gasteiger partial charge in [0.15, 0.2) is 0 Å². The third-order valence-electron chi connectivity index (χ3n) is 3.61. The minimum absolute atomic E-state index is 0.319. The summed E-state index contributed by atoms with van der Waals surface area (Å²) >= 11 is 0. The van der Waals surface area contributed by atoms with Gasteiger partial charge in [0.25, 0.3) is 0 Å². The number of halogens is 1. The van der Waals surface area contributed by atoms with Gasteiger partial charge < -0.3 is 14.9 Å². The lowest BCUT2D eigenvalue weighted by atomic mass is 10.1. The Kier molecular flexibility index (Phi) is 4.19. The molecule has 1 atom stereocenters. The molecule has 0 aliphatic carbocycles. The normalized spacial score (nSPS) is 19.0. The van der Waals surface area contributed by atoms with Crippen LogP contribution in [0.3, 0.4) is 0 Å². The molecule has 1 aromatic carbocycles. The zero-order valence-electron chi connectivity index (χ0n) is 11.1. The third kappa shape index (κ3) is 2.65. The van der Waals surface area contributed by atoms with E-state index in [1.54, 1.807) is 13.0 Å². The molecule has 1 N–H and O–H groups in total. The van der Waals surface area contributed by atoms with Crippen LogP contribution in [-0.4, -0.2) is 42.7 Å². The maximum absolute atomic E-state index is 13.8. The largest absolute Gasteiger partial charge is 0.389 e. The highest BCUT2D eigenvalue weighted by Gasteiger charge is 2.21. The van der Waals surface area contributed by atoms with Gasteiger partial charge in [-0.3, -0.25) is 0 Å². The molecule has 3 nitrogen and oxygen atoms in total. The first-order valence-electron chi connectivity index (χ1n) is 6.57. The van der Waals surface area contributed by atoms with Gasteiger partial charge in [0, 0.05) is 37.4 Å². The van der Waals surface area contributed by atoms with E-state index in [4.69, 9.17) is 0 Å². The van der Waals surface area contributed by atoms with Gasteiger partial charge in [-0.1, -0.05) is 13.0 Å². The quantitative estimate of drug-likeness (QED) is 0.891. The number of anilines is 1. The molecule has 1 heterocycles. The second kappa shape index (κ2) is 5.67. The van der Waals surface area contributed by atoms with Crippen LogP contribution in [0, 0.1) is 5.82 Å². The molecule has 4 heteroatoms. The van der Waals surface area contributed by atoms with E-state index >= 15 is 0 Å². The van der Waals surface area contributed by atoms with Crippen LogP contribution in [0.25, 0.3) is 0 Å². The minimum atomic E-state index is -0.773. The fraction of sp³-hybridized carbons (Fsp3) is 0.571. The van der Waals surface area contributed by atoms with Gasteiger partial charge in [-0.2, -0.15) is 0 Å². The van der Waals surface area contributed by atoms with Crippen molar-refractivity contribution in [1.29, 1.82) is 0 Å². The summed E-state index contributed by atoms with van der Waals surface area (Å²) in [5, 5.41) is 9.74. The standard InChI is InChI=1S/C14H21FN2O/c1-3-16-7-9-17(10-8-16)13-6-4-5-12(15)14(13)11(2)18/h4-6,11,18H,3,7-10H2,1-2H3/t11-/m1/s1. The van der Waals surface area contributed by atoms with Crippen molar-refractivity contribution in [2.45, 2.75) is 20.0 Å². The topological polar surface area (TPSA) is 26.7 Å². The molecule has 0 spiro atoms. The Balaban J connectivity index is 2.21. The van der Waals surface area contributed by atoms with Gasteiger partial charge >= 0.3 is 0 Å². The van der Waals surface area contributed by atoms with Crippen molar-refractivity contribution in [1.82, 2.24) is 4.90 Å². The number of hydrogen-bond acceptors (Lipinski definition) is 3. The molecule has 0 amide bonds. The summed E-state index contributed by atoms with van der Waals surface area (Å²) in [6.45, 7) is 8.58. The van der Waals surface area contributed by atoms with E-state index in [0.29, 0.717) is 5.56 Å². The summed E-state index contributed by atoms with van der Waals surface area (Å²) in [5.41, 5.74) is 1.25. The maximum atomic E-state index is 13.8. The number of likely N-dealkylation sites (N-methyl/N-ethyl adjacent to an activating group) is 1. The summed E-state index contributed by atoms with van der Waals surface area (Å²) in [6, 6.07) is 5.02. The predicted octanol–water partition coefficient (Wildman–Crippen LogP) is 2.02. The molecule has 1 aliphatic heterocycles. The average molecular weight is 252 g/mol. The van der Waals surface area contributed by atoms with Crippen molar-refractivity contribution >= 4 is 5.69 Å². The van der Waals surface area contributed by atoms with Crippen LogP contribution in [0.15, 0.2) is 18.2 Å². The first kappa shape index (κ1) is 13.3. The molecule has 1 fully saturated rings. The molecule has 0 bridgehead atoms. The second-order valence-electron chi connectivity index (χ2n) is 4.77. The van der Waals surface area contributed by atoms with Crippen LogP contribution in [0.5, 0.6) is 0 Å². The Hall–Kier alpha value is -1.13. The van der Waals surface area contributed by atoms with Crippen molar-refractivity contribution in [3.05, 3.63) is 29.6 Å². The molecule has 0 radical (unpaired) electrons. The van der Waals surface area contributed by atoms with E-state index in [0.717, 1.165) is 38.4 Å². The highest BCUT2D eigenvalue weighted by molar-refractivity contribution is 5.55. The first-order chi connectivity index (χ1) is 8.63. The number of aliphatic hydroxyl groups excluding tert-OH is 1. The van der Waals surface area contributed by atoms with Crippen LogP contribution in [0.1, 0.15) is 25.5 Å². The molecule has 1 aliphatic rings. The fourth-order valence-corrected chi connectivity index (χ4v) is 2.52. The second-order valence-corrected chi connectivity index (χ2v) is 4.77. The molecule has 0 aromatic heterocycles. The smallest absolute Gasteiger partial charge is 0.131 e. The lowest BCUT2D eigenvalue weighted by Gasteiger charge is -2.36. The van der Waals surface area contributed by atoms with E-state index in [-0.39, 0.29) is 5.82 Å². The van der Waals surface area contributed by atoms with Crippen LogP contribution in [0.2, 0.25) is 0 Å². The van der Waals surface area contributed by atoms with Crippen molar-refractivity contribution in [2.75, 3.05) is 37.6 Å². The number of piperazine rings is 1. The van der Waals surface area contributed by atoms with E-state index < -0.39 is 6.10 Å². The van der Waals surface area contributed by atoms with E-state index in [1.165, 1.54) is 6.07 Å². The van der Waals surface area contributed by atoms with Crippen molar-refractivity contribution in [2.24, 2.45) is 0 Å². The summed E-state index contributed by atoms with van der Waals surface area (Å²) in [7, 11) is 0. The highest BCUT2D eigenvalue weighted by atomic mass is 19.1. The average Bonchev–Trinajstić information content (AvgIpc) is 2.38. The monoisotopic (exact) mass is 252 g/mol. The molecule has 18 heavy (non-hydrogen) atoms. The van der Waals surface area contributed by atoms with Crippen molar-refractivity contribution in [3.8, 4) is 0 Å². The highest BCUT2D eigenvalue weighted by Crippen LogP contribution is 2.29. The molecule has 1 aromatic rings. The Bertz CT molecular complexity index is 401. The third-order valence-corrected chi connectivity index (χ3v) is 3.61. The number of rotatable bonds is 3. The predicted molar refractivity (Wildman–Crippen MR) is 71.4 cm³/mol. The summed E-state index contributed by atoms with van der Waals surface area (Å²) in [6.07, 6.45) is -0.773. The van der Waals surface area contributed by atoms with E-state index in [9.17, 15) is 9.50 Å². The molecular weight excluding hydrogens is 231 g/mol. The molecule has 0 saturated carbocycles. The van der Waals surface area contributed by atoms with Crippen LogP contribution < -0.4 is 4.90 Å². The molecular formula is C14H21FN2O.